The standard InChI is InChI=1S/C19H25FN4O/c1-11(2)8-14-17(20)12(3)22-16-9-13(23-18(14)16)10-24-7-5-6-15(21-4)19(24)25/h5-7,9,11,16,18,21,23H,8,10H2,1-4H3. The zero-order chi connectivity index (χ0) is 18.1. The van der Waals surface area contributed by atoms with E-state index in [0.717, 1.165) is 11.3 Å². The van der Waals surface area contributed by atoms with Gasteiger partial charge < -0.3 is 15.2 Å². The molecule has 1 aromatic rings. The van der Waals surface area contributed by atoms with E-state index in [9.17, 15) is 9.18 Å². The largest absolute Gasteiger partial charge is 0.384 e. The minimum absolute atomic E-state index is 0.0774. The highest BCUT2D eigenvalue weighted by atomic mass is 19.1. The quantitative estimate of drug-likeness (QED) is 0.863. The lowest BCUT2D eigenvalue weighted by Gasteiger charge is -2.27. The van der Waals surface area contributed by atoms with Crippen LogP contribution >= 0.6 is 0 Å². The van der Waals surface area contributed by atoms with Gasteiger partial charge in [-0.1, -0.05) is 13.8 Å². The van der Waals surface area contributed by atoms with Crippen LogP contribution < -0.4 is 16.2 Å². The maximum Gasteiger partial charge on any atom is 0.274 e. The van der Waals surface area contributed by atoms with Gasteiger partial charge in [0.1, 0.15) is 11.5 Å². The number of aromatic nitrogens is 1. The number of hydrogen-bond donors (Lipinski definition) is 2. The molecule has 0 fully saturated rings. The summed E-state index contributed by atoms with van der Waals surface area (Å²) in [5, 5.41) is 6.29. The maximum absolute atomic E-state index is 14.6. The normalized spacial score (nSPS) is 22.5. The van der Waals surface area contributed by atoms with Gasteiger partial charge in [-0.15, -0.1) is 0 Å². The molecule has 2 aliphatic rings. The minimum Gasteiger partial charge on any atom is -0.384 e. The Kier molecular flexibility index (Phi) is 4.79. The maximum atomic E-state index is 14.6. The van der Waals surface area contributed by atoms with Crippen molar-refractivity contribution in [3.63, 3.8) is 0 Å². The number of fused-ring (bicyclic) bond motifs is 1. The van der Waals surface area contributed by atoms with Gasteiger partial charge >= 0.3 is 0 Å². The second kappa shape index (κ2) is 6.86. The van der Waals surface area contributed by atoms with E-state index in [-0.39, 0.29) is 23.5 Å². The lowest BCUT2D eigenvalue weighted by Crippen LogP contribution is -2.38. The predicted octanol–water partition coefficient (Wildman–Crippen LogP) is 2.86. The molecule has 6 heteroatoms. The van der Waals surface area contributed by atoms with Gasteiger partial charge in [-0.3, -0.25) is 9.79 Å². The Hall–Kier alpha value is -2.37. The van der Waals surface area contributed by atoms with Crippen molar-refractivity contribution in [2.45, 2.75) is 45.8 Å². The van der Waals surface area contributed by atoms with Gasteiger partial charge in [-0.05, 0) is 43.0 Å². The average Bonchev–Trinajstić information content (AvgIpc) is 2.95. The van der Waals surface area contributed by atoms with E-state index in [1.807, 2.05) is 12.1 Å². The summed E-state index contributed by atoms with van der Waals surface area (Å²) < 4.78 is 16.2. The molecule has 2 aliphatic heterocycles. The summed E-state index contributed by atoms with van der Waals surface area (Å²) in [5.41, 5.74) is 2.63. The highest BCUT2D eigenvalue weighted by molar-refractivity contribution is 5.98. The minimum atomic E-state index is -0.188. The monoisotopic (exact) mass is 344 g/mol. The van der Waals surface area contributed by atoms with E-state index in [2.05, 4.69) is 29.5 Å². The molecular weight excluding hydrogens is 319 g/mol. The molecule has 0 spiro atoms. The topological polar surface area (TPSA) is 58.4 Å². The summed E-state index contributed by atoms with van der Waals surface area (Å²) in [5.74, 6) is 0.180. The fraction of sp³-hybridized carbons (Fsp3) is 0.474. The first-order valence-electron chi connectivity index (χ1n) is 8.68. The molecular formula is C19H25FN4O. The molecule has 0 amide bonds. The van der Waals surface area contributed by atoms with Crippen LogP contribution in [0.4, 0.5) is 10.1 Å². The van der Waals surface area contributed by atoms with Gasteiger partial charge in [-0.25, -0.2) is 4.39 Å². The summed E-state index contributed by atoms with van der Waals surface area (Å²) in [7, 11) is 1.73. The Morgan fingerprint density at radius 1 is 1.44 bits per heavy atom. The van der Waals surface area contributed by atoms with Crippen molar-refractivity contribution in [1.82, 2.24) is 9.88 Å². The fourth-order valence-corrected chi connectivity index (χ4v) is 3.48. The average molecular weight is 344 g/mol. The number of halogens is 1. The number of nitrogens with one attached hydrogen (secondary N) is 2. The van der Waals surface area contributed by atoms with Crippen molar-refractivity contribution in [3.05, 3.63) is 51.9 Å². The number of aliphatic imine (C=N–C) groups is 1. The van der Waals surface area contributed by atoms with Gasteiger partial charge in [0.2, 0.25) is 0 Å². The first-order valence-corrected chi connectivity index (χ1v) is 8.68. The molecule has 0 radical (unpaired) electrons. The molecule has 2 unspecified atom stereocenters. The number of rotatable bonds is 5. The molecule has 0 saturated carbocycles. The first-order chi connectivity index (χ1) is 11.9. The van der Waals surface area contributed by atoms with E-state index < -0.39 is 0 Å². The number of dihydropyridines is 1. The second-order valence-electron chi connectivity index (χ2n) is 7.06. The third kappa shape index (κ3) is 3.38. The third-order valence-electron chi connectivity index (χ3n) is 4.63. The van der Waals surface area contributed by atoms with Crippen LogP contribution in [-0.4, -0.2) is 29.4 Å². The molecule has 25 heavy (non-hydrogen) atoms. The van der Waals surface area contributed by atoms with Crippen LogP contribution in [0.15, 0.2) is 51.3 Å². The molecule has 5 nitrogen and oxygen atoms in total. The molecule has 0 aliphatic carbocycles. The molecule has 1 aromatic heterocycles. The van der Waals surface area contributed by atoms with Gasteiger partial charge in [-0.2, -0.15) is 0 Å². The Morgan fingerprint density at radius 3 is 2.88 bits per heavy atom. The van der Waals surface area contributed by atoms with Gasteiger partial charge in [0.15, 0.2) is 0 Å². The van der Waals surface area contributed by atoms with Crippen LogP contribution in [0, 0.1) is 5.92 Å². The van der Waals surface area contributed by atoms with Crippen LogP contribution in [0.2, 0.25) is 0 Å². The molecule has 0 bridgehead atoms. The Labute approximate surface area is 147 Å². The molecule has 2 N–H and O–H groups in total. The highest BCUT2D eigenvalue weighted by Crippen LogP contribution is 2.32. The lowest BCUT2D eigenvalue weighted by atomic mass is 9.90. The summed E-state index contributed by atoms with van der Waals surface area (Å²) in [6, 6.07) is 3.33. The first kappa shape index (κ1) is 17.5. The van der Waals surface area contributed by atoms with Crippen LogP contribution in [-0.2, 0) is 6.54 Å². The summed E-state index contributed by atoms with van der Waals surface area (Å²) in [6.45, 7) is 6.32. The SMILES string of the molecule is CNc1cccn(CC2=CC3N=C(C)C(F)=C(CC(C)C)C3N2)c1=O. The second-order valence-corrected chi connectivity index (χ2v) is 7.06. The Balaban J connectivity index is 1.85. The molecule has 134 valence electrons. The predicted molar refractivity (Wildman–Crippen MR) is 99.7 cm³/mol. The summed E-state index contributed by atoms with van der Waals surface area (Å²) >= 11 is 0. The molecule has 3 rings (SSSR count). The van der Waals surface area contributed by atoms with Crippen molar-refractivity contribution in [3.8, 4) is 0 Å². The Bertz CT molecular complexity index is 819. The highest BCUT2D eigenvalue weighted by Gasteiger charge is 2.35. The lowest BCUT2D eigenvalue weighted by molar-refractivity contribution is 0.504. The fourth-order valence-electron chi connectivity index (χ4n) is 3.48. The van der Waals surface area contributed by atoms with E-state index >= 15 is 0 Å². The number of anilines is 1. The van der Waals surface area contributed by atoms with Crippen LogP contribution in [0.3, 0.4) is 0 Å². The van der Waals surface area contributed by atoms with Crippen molar-refractivity contribution in [2.75, 3.05) is 12.4 Å². The van der Waals surface area contributed by atoms with E-state index in [4.69, 9.17) is 0 Å². The number of nitrogens with zero attached hydrogens (tertiary/aromatic N) is 2. The molecule has 2 atom stereocenters. The van der Waals surface area contributed by atoms with Crippen molar-refractivity contribution in [1.29, 1.82) is 0 Å². The van der Waals surface area contributed by atoms with Crippen molar-refractivity contribution in [2.24, 2.45) is 10.9 Å². The van der Waals surface area contributed by atoms with Crippen LogP contribution in [0.25, 0.3) is 0 Å². The van der Waals surface area contributed by atoms with E-state index in [0.29, 0.717) is 30.3 Å². The molecule has 3 heterocycles. The Morgan fingerprint density at radius 2 is 2.20 bits per heavy atom. The number of pyridine rings is 1. The van der Waals surface area contributed by atoms with Crippen molar-refractivity contribution < 1.29 is 4.39 Å². The summed E-state index contributed by atoms with van der Waals surface area (Å²) in [6.07, 6.45) is 4.47. The van der Waals surface area contributed by atoms with Crippen LogP contribution in [0.1, 0.15) is 27.2 Å². The number of allylic oxidation sites excluding steroid dienone is 2. The van der Waals surface area contributed by atoms with E-state index in [1.54, 1.807) is 30.8 Å². The third-order valence-corrected chi connectivity index (χ3v) is 4.63. The molecule has 0 aromatic carbocycles. The van der Waals surface area contributed by atoms with Gasteiger partial charge in [0, 0.05) is 18.9 Å². The van der Waals surface area contributed by atoms with Gasteiger partial charge in [0.25, 0.3) is 5.56 Å². The van der Waals surface area contributed by atoms with Crippen molar-refractivity contribution >= 4 is 11.4 Å². The van der Waals surface area contributed by atoms with Gasteiger partial charge in [0.05, 0.1) is 24.3 Å². The zero-order valence-electron chi connectivity index (χ0n) is 15.1. The zero-order valence-corrected chi connectivity index (χ0v) is 15.1. The van der Waals surface area contributed by atoms with Crippen LogP contribution in [0.5, 0.6) is 0 Å². The summed E-state index contributed by atoms with van der Waals surface area (Å²) in [4.78, 5) is 16.8. The smallest absolute Gasteiger partial charge is 0.274 e. The number of hydrogen-bond acceptors (Lipinski definition) is 4. The molecule has 0 saturated heterocycles. The van der Waals surface area contributed by atoms with E-state index in [1.165, 1.54) is 0 Å².